The molecule has 1 unspecified atom stereocenters. The summed E-state index contributed by atoms with van der Waals surface area (Å²) in [6.45, 7) is 1.41. The SMILES string of the molecule is CN1C(=O)C(C)(O)c2ccc(F)cc21. The molecule has 1 aromatic carbocycles. The lowest BCUT2D eigenvalue weighted by atomic mass is 9.98. The molecule has 1 aliphatic heterocycles. The largest absolute Gasteiger partial charge is 0.375 e. The van der Waals surface area contributed by atoms with Crippen LogP contribution in [0.4, 0.5) is 10.1 Å². The molecule has 0 saturated carbocycles. The van der Waals surface area contributed by atoms with Crippen molar-refractivity contribution in [3.05, 3.63) is 29.6 Å². The highest BCUT2D eigenvalue weighted by molar-refractivity contribution is 6.06. The lowest BCUT2D eigenvalue weighted by Crippen LogP contribution is -2.35. The second-order valence-electron chi connectivity index (χ2n) is 3.60. The van der Waals surface area contributed by atoms with Crippen molar-refractivity contribution in [2.45, 2.75) is 12.5 Å². The zero-order chi connectivity index (χ0) is 10.5. The second-order valence-corrected chi connectivity index (χ2v) is 3.60. The Kier molecular flexibility index (Phi) is 1.66. The zero-order valence-corrected chi connectivity index (χ0v) is 7.91. The molecule has 0 aliphatic carbocycles. The summed E-state index contributed by atoms with van der Waals surface area (Å²) in [7, 11) is 1.52. The van der Waals surface area contributed by atoms with E-state index in [2.05, 4.69) is 0 Å². The number of carbonyl (C=O) groups is 1. The van der Waals surface area contributed by atoms with Gasteiger partial charge >= 0.3 is 0 Å². The first-order valence-electron chi connectivity index (χ1n) is 4.25. The molecule has 1 amide bonds. The van der Waals surface area contributed by atoms with Gasteiger partial charge in [-0.3, -0.25) is 4.79 Å². The fourth-order valence-electron chi connectivity index (χ4n) is 1.75. The lowest BCUT2D eigenvalue weighted by Gasteiger charge is -2.14. The summed E-state index contributed by atoms with van der Waals surface area (Å²) in [5.74, 6) is -0.848. The van der Waals surface area contributed by atoms with Gasteiger partial charge < -0.3 is 10.0 Å². The Morgan fingerprint density at radius 1 is 1.50 bits per heavy atom. The monoisotopic (exact) mass is 195 g/mol. The molecule has 1 aliphatic rings. The standard InChI is InChI=1S/C10H10FNO2/c1-10(14)7-4-3-6(11)5-8(7)12(2)9(10)13/h3-5,14H,1-2H3. The number of carbonyl (C=O) groups excluding carboxylic acids is 1. The van der Waals surface area contributed by atoms with Crippen LogP contribution in [0.2, 0.25) is 0 Å². The maximum atomic E-state index is 12.9. The van der Waals surface area contributed by atoms with E-state index in [-0.39, 0.29) is 0 Å². The van der Waals surface area contributed by atoms with Crippen molar-refractivity contribution in [2.24, 2.45) is 0 Å². The Bertz CT molecular complexity index is 415. The number of rotatable bonds is 0. The van der Waals surface area contributed by atoms with E-state index in [4.69, 9.17) is 0 Å². The second kappa shape index (κ2) is 2.54. The smallest absolute Gasteiger partial charge is 0.263 e. The van der Waals surface area contributed by atoms with Crippen LogP contribution < -0.4 is 4.90 Å². The number of amides is 1. The maximum absolute atomic E-state index is 12.9. The minimum atomic E-state index is -1.53. The molecule has 1 N–H and O–H groups in total. The van der Waals surface area contributed by atoms with Crippen LogP contribution in [-0.4, -0.2) is 18.1 Å². The molecule has 0 spiro atoms. The Labute approximate surface area is 80.8 Å². The molecule has 0 bridgehead atoms. The van der Waals surface area contributed by atoms with E-state index < -0.39 is 17.3 Å². The maximum Gasteiger partial charge on any atom is 0.263 e. The molecule has 0 aromatic heterocycles. The normalized spacial score (nSPS) is 25.4. The fourth-order valence-corrected chi connectivity index (χ4v) is 1.75. The number of halogens is 1. The third-order valence-electron chi connectivity index (χ3n) is 2.57. The van der Waals surface area contributed by atoms with Crippen LogP contribution in [0.1, 0.15) is 12.5 Å². The van der Waals surface area contributed by atoms with Gasteiger partial charge in [-0.1, -0.05) is 6.07 Å². The number of likely N-dealkylation sites (N-methyl/N-ethyl adjacent to an activating group) is 1. The van der Waals surface area contributed by atoms with Crippen molar-refractivity contribution < 1.29 is 14.3 Å². The predicted octanol–water partition coefficient (Wildman–Crippen LogP) is 1.01. The number of hydrogen-bond acceptors (Lipinski definition) is 2. The summed E-state index contributed by atoms with van der Waals surface area (Å²) >= 11 is 0. The van der Waals surface area contributed by atoms with E-state index in [1.165, 1.54) is 37.1 Å². The summed E-state index contributed by atoms with van der Waals surface area (Å²) in [4.78, 5) is 12.8. The van der Waals surface area contributed by atoms with Gasteiger partial charge in [-0.2, -0.15) is 0 Å². The number of benzene rings is 1. The Morgan fingerprint density at radius 3 is 2.79 bits per heavy atom. The Hall–Kier alpha value is -1.42. The molecule has 4 heteroatoms. The molecule has 3 nitrogen and oxygen atoms in total. The first kappa shape index (κ1) is 9.15. The number of aliphatic hydroxyl groups is 1. The molecule has 0 radical (unpaired) electrons. The third kappa shape index (κ3) is 0.974. The van der Waals surface area contributed by atoms with Crippen LogP contribution in [0.15, 0.2) is 18.2 Å². The third-order valence-corrected chi connectivity index (χ3v) is 2.57. The van der Waals surface area contributed by atoms with Crippen molar-refractivity contribution in [1.82, 2.24) is 0 Å². The first-order chi connectivity index (χ1) is 6.44. The van der Waals surface area contributed by atoms with Crippen LogP contribution in [0, 0.1) is 5.82 Å². The highest BCUT2D eigenvalue weighted by Crippen LogP contribution is 2.39. The minimum absolute atomic E-state index is 0.416. The molecule has 1 atom stereocenters. The summed E-state index contributed by atoms with van der Waals surface area (Å²) in [5, 5.41) is 9.86. The van der Waals surface area contributed by atoms with Gasteiger partial charge in [0, 0.05) is 12.6 Å². The van der Waals surface area contributed by atoms with E-state index >= 15 is 0 Å². The highest BCUT2D eigenvalue weighted by atomic mass is 19.1. The quantitative estimate of drug-likeness (QED) is 0.671. The number of nitrogens with zero attached hydrogens (tertiary/aromatic N) is 1. The Morgan fingerprint density at radius 2 is 2.14 bits per heavy atom. The van der Waals surface area contributed by atoms with Gasteiger partial charge in [-0.15, -0.1) is 0 Å². The molecular weight excluding hydrogens is 185 g/mol. The van der Waals surface area contributed by atoms with Gasteiger partial charge in [0.2, 0.25) is 0 Å². The van der Waals surface area contributed by atoms with Crippen LogP contribution in [0.25, 0.3) is 0 Å². The summed E-state index contributed by atoms with van der Waals surface area (Å²) in [6, 6.07) is 3.92. The van der Waals surface area contributed by atoms with Gasteiger partial charge in [-0.25, -0.2) is 4.39 Å². The minimum Gasteiger partial charge on any atom is -0.375 e. The lowest BCUT2D eigenvalue weighted by molar-refractivity contribution is -0.133. The average molecular weight is 195 g/mol. The van der Waals surface area contributed by atoms with Gasteiger partial charge in [0.05, 0.1) is 5.69 Å². The van der Waals surface area contributed by atoms with Crippen LogP contribution in [0.5, 0.6) is 0 Å². The summed E-state index contributed by atoms with van der Waals surface area (Å²) < 4.78 is 12.9. The number of hydrogen-bond donors (Lipinski definition) is 1. The predicted molar refractivity (Wildman–Crippen MR) is 49.4 cm³/mol. The van der Waals surface area contributed by atoms with Gasteiger partial charge in [0.25, 0.3) is 5.91 Å². The van der Waals surface area contributed by atoms with Crippen LogP contribution in [0.3, 0.4) is 0 Å². The van der Waals surface area contributed by atoms with Crippen molar-refractivity contribution in [1.29, 1.82) is 0 Å². The number of anilines is 1. The van der Waals surface area contributed by atoms with E-state index in [1.807, 2.05) is 0 Å². The van der Waals surface area contributed by atoms with Gasteiger partial charge in [0.15, 0.2) is 5.60 Å². The van der Waals surface area contributed by atoms with Gasteiger partial charge in [0.1, 0.15) is 5.82 Å². The molecule has 1 aromatic rings. The number of fused-ring (bicyclic) bond motifs is 1. The summed E-state index contributed by atoms with van der Waals surface area (Å²) in [5.41, 5.74) is -0.649. The zero-order valence-electron chi connectivity index (χ0n) is 7.91. The van der Waals surface area contributed by atoms with E-state index in [0.29, 0.717) is 11.3 Å². The van der Waals surface area contributed by atoms with E-state index in [9.17, 15) is 14.3 Å². The summed E-state index contributed by atoms with van der Waals surface area (Å²) in [6.07, 6.45) is 0. The van der Waals surface area contributed by atoms with Crippen molar-refractivity contribution >= 4 is 11.6 Å². The fraction of sp³-hybridized carbons (Fsp3) is 0.300. The molecule has 14 heavy (non-hydrogen) atoms. The first-order valence-corrected chi connectivity index (χ1v) is 4.25. The molecule has 74 valence electrons. The molecule has 2 rings (SSSR count). The molecule has 1 heterocycles. The van der Waals surface area contributed by atoms with Crippen LogP contribution in [-0.2, 0) is 10.4 Å². The molecule has 0 saturated heterocycles. The average Bonchev–Trinajstić information content (AvgIpc) is 2.28. The van der Waals surface area contributed by atoms with Crippen molar-refractivity contribution in [3.63, 3.8) is 0 Å². The van der Waals surface area contributed by atoms with Crippen molar-refractivity contribution in [3.8, 4) is 0 Å². The van der Waals surface area contributed by atoms with E-state index in [1.54, 1.807) is 0 Å². The molecule has 0 fully saturated rings. The highest BCUT2D eigenvalue weighted by Gasteiger charge is 2.44. The van der Waals surface area contributed by atoms with Crippen molar-refractivity contribution in [2.75, 3.05) is 11.9 Å². The van der Waals surface area contributed by atoms with E-state index in [0.717, 1.165) is 0 Å². The topological polar surface area (TPSA) is 40.5 Å². The molecular formula is C10H10FNO2. The van der Waals surface area contributed by atoms with Gasteiger partial charge in [-0.05, 0) is 19.1 Å². The Balaban J connectivity index is 2.68. The van der Waals surface area contributed by atoms with Crippen LogP contribution >= 0.6 is 0 Å².